The van der Waals surface area contributed by atoms with E-state index in [2.05, 4.69) is 21.4 Å². The van der Waals surface area contributed by atoms with Gasteiger partial charge in [-0.05, 0) is 18.2 Å². The molecule has 0 aliphatic heterocycles. The van der Waals surface area contributed by atoms with Gasteiger partial charge < -0.3 is 0 Å². The van der Waals surface area contributed by atoms with Crippen molar-refractivity contribution in [3.63, 3.8) is 0 Å². The van der Waals surface area contributed by atoms with Gasteiger partial charge >= 0.3 is 0 Å². The summed E-state index contributed by atoms with van der Waals surface area (Å²) in [6.45, 7) is 0. The number of nitroso groups, excluding NO2 is 1. The Morgan fingerprint density at radius 3 is 2.82 bits per heavy atom. The van der Waals surface area contributed by atoms with Crippen LogP contribution in [0.3, 0.4) is 0 Å². The molecule has 7 nitrogen and oxygen atoms in total. The van der Waals surface area contributed by atoms with E-state index in [0.29, 0.717) is 22.8 Å². The lowest BCUT2D eigenvalue weighted by Crippen LogP contribution is -1.99. The normalized spacial score (nSPS) is 10.2. The fourth-order valence-corrected chi connectivity index (χ4v) is 1.96. The molecule has 0 spiro atoms. The Morgan fingerprint density at radius 1 is 1.27 bits per heavy atom. The second-order valence-corrected chi connectivity index (χ2v) is 4.61. The van der Waals surface area contributed by atoms with E-state index in [9.17, 15) is 4.91 Å². The lowest BCUT2D eigenvalue weighted by molar-refractivity contribution is -0.428. The topological polar surface area (TPSA) is 87.5 Å². The quantitative estimate of drug-likeness (QED) is 0.690. The fraction of sp³-hybridized carbons (Fsp3) is 0.0667. The number of benzene rings is 1. The molecule has 2 aromatic heterocycles. The zero-order valence-electron chi connectivity index (χ0n) is 11.7. The summed E-state index contributed by atoms with van der Waals surface area (Å²) < 4.78 is 2.25. The van der Waals surface area contributed by atoms with E-state index in [4.69, 9.17) is 5.26 Å². The van der Waals surface area contributed by atoms with Crippen LogP contribution < -0.4 is 0 Å². The maximum absolute atomic E-state index is 11.2. The van der Waals surface area contributed by atoms with E-state index in [1.54, 1.807) is 36.5 Å². The highest BCUT2D eigenvalue weighted by atomic mass is 16.3. The number of hydrogen-bond donors (Lipinski definition) is 0. The summed E-state index contributed by atoms with van der Waals surface area (Å²) in [4.78, 5) is 15.3. The van der Waals surface area contributed by atoms with Crippen molar-refractivity contribution in [2.75, 3.05) is 7.05 Å². The molecule has 1 aromatic carbocycles. The van der Waals surface area contributed by atoms with Crippen molar-refractivity contribution in [2.24, 2.45) is 0 Å². The van der Waals surface area contributed by atoms with Crippen LogP contribution in [0.15, 0.2) is 48.8 Å². The molecule has 0 aliphatic rings. The lowest BCUT2D eigenvalue weighted by Gasteiger charge is -1.97. The molecule has 0 aliphatic carbocycles. The second-order valence-electron chi connectivity index (χ2n) is 4.61. The summed E-state index contributed by atoms with van der Waals surface area (Å²) in [7, 11) is 1.41. The number of nitriles is 1. The summed E-state index contributed by atoms with van der Waals surface area (Å²) in [5.74, 6) is 0.556. The van der Waals surface area contributed by atoms with Crippen molar-refractivity contribution in [1.29, 1.82) is 5.26 Å². The molecule has 0 unspecified atom stereocenters. The fourth-order valence-electron chi connectivity index (χ4n) is 1.96. The van der Waals surface area contributed by atoms with E-state index < -0.39 is 0 Å². The minimum absolute atomic E-state index is 0.464. The number of nitrogens with zero attached hydrogens (tertiary/aromatic N) is 6. The van der Waals surface area contributed by atoms with E-state index in [0.717, 1.165) is 10.3 Å². The Bertz CT molecular complexity index is 876. The third kappa shape index (κ3) is 2.58. The maximum Gasteiger partial charge on any atom is 0.273 e. The smallest absolute Gasteiger partial charge is 0.230 e. The third-order valence-corrected chi connectivity index (χ3v) is 3.11. The lowest BCUT2D eigenvalue weighted by atomic mass is 10.1. The Balaban J connectivity index is 1.93. The van der Waals surface area contributed by atoms with Crippen LogP contribution in [0.1, 0.15) is 5.56 Å². The van der Waals surface area contributed by atoms with Gasteiger partial charge in [-0.15, -0.1) is 5.10 Å². The second kappa shape index (κ2) is 5.54. The molecule has 0 radical (unpaired) electrons. The minimum atomic E-state index is 0.464. The molecule has 3 rings (SSSR count). The average molecular weight is 291 g/mol. The zero-order valence-corrected chi connectivity index (χ0v) is 11.7. The first kappa shape index (κ1) is 13.6. The highest BCUT2D eigenvalue weighted by molar-refractivity contribution is 5.60. The molecule has 0 saturated heterocycles. The number of hydrogen-bond acceptors (Lipinski definition) is 5. The molecular weight excluding hydrogens is 280 g/mol. The summed E-state index contributed by atoms with van der Waals surface area (Å²) in [5, 5.41) is 17.0. The van der Waals surface area contributed by atoms with Crippen molar-refractivity contribution < 1.29 is 4.76 Å². The maximum atomic E-state index is 11.2. The molecule has 22 heavy (non-hydrogen) atoms. The predicted octanol–water partition coefficient (Wildman–Crippen LogP) is 2.24. The first-order chi connectivity index (χ1) is 10.7. The Hall–Kier alpha value is -3.40. The standard InChI is InChI=1S/C15H11N6O/c1-20(22)13-5-6-15(17-9-13)21-10-14(18-19-21)12-4-2-3-11(7-12)8-16/h2-7,9-10H,1H3/q+1. The van der Waals surface area contributed by atoms with Crippen molar-refractivity contribution in [2.45, 2.75) is 0 Å². The minimum Gasteiger partial charge on any atom is -0.230 e. The van der Waals surface area contributed by atoms with Crippen LogP contribution in [-0.2, 0) is 0 Å². The summed E-state index contributed by atoms with van der Waals surface area (Å²) in [5.41, 5.74) is 2.48. The van der Waals surface area contributed by atoms with Crippen molar-refractivity contribution >= 4 is 5.69 Å². The number of pyridine rings is 1. The molecule has 106 valence electrons. The molecule has 0 saturated carbocycles. The highest BCUT2D eigenvalue weighted by Crippen LogP contribution is 2.19. The van der Waals surface area contributed by atoms with E-state index in [1.165, 1.54) is 17.9 Å². The molecule has 0 bridgehead atoms. The van der Waals surface area contributed by atoms with Crippen LogP contribution in [-0.4, -0.2) is 31.8 Å². The largest absolute Gasteiger partial charge is 0.273 e. The van der Waals surface area contributed by atoms with Gasteiger partial charge in [0.1, 0.15) is 11.9 Å². The summed E-state index contributed by atoms with van der Waals surface area (Å²) in [6, 6.07) is 12.6. The van der Waals surface area contributed by atoms with Gasteiger partial charge in [-0.2, -0.15) is 5.26 Å². The van der Waals surface area contributed by atoms with Gasteiger partial charge in [0.15, 0.2) is 12.9 Å². The van der Waals surface area contributed by atoms with Crippen molar-refractivity contribution in [1.82, 2.24) is 20.0 Å². The molecule has 0 fully saturated rings. The van der Waals surface area contributed by atoms with Gasteiger partial charge in [0.25, 0.3) is 5.69 Å². The Kier molecular flexibility index (Phi) is 3.42. The van der Waals surface area contributed by atoms with Gasteiger partial charge in [0.2, 0.25) is 0 Å². The summed E-state index contributed by atoms with van der Waals surface area (Å²) >= 11 is 0. The third-order valence-electron chi connectivity index (χ3n) is 3.11. The zero-order chi connectivity index (χ0) is 15.5. The van der Waals surface area contributed by atoms with Crippen LogP contribution in [0, 0.1) is 16.2 Å². The van der Waals surface area contributed by atoms with Gasteiger partial charge in [0, 0.05) is 21.3 Å². The van der Waals surface area contributed by atoms with Gasteiger partial charge in [-0.25, -0.2) is 9.67 Å². The SMILES string of the molecule is C[N+](=O)c1ccc(-n2cc(-c3cccc(C#N)c3)nn2)nc1. The molecule has 0 N–H and O–H groups in total. The number of rotatable bonds is 3. The van der Waals surface area contributed by atoms with Crippen LogP contribution in [0.2, 0.25) is 0 Å². The molecule has 3 aromatic rings. The van der Waals surface area contributed by atoms with Crippen molar-refractivity contribution in [3.05, 3.63) is 59.3 Å². The van der Waals surface area contributed by atoms with Gasteiger partial charge in [-0.3, -0.25) is 0 Å². The van der Waals surface area contributed by atoms with Crippen LogP contribution in [0.25, 0.3) is 17.1 Å². The molecule has 7 heteroatoms. The molecule has 2 heterocycles. The average Bonchev–Trinajstić information content (AvgIpc) is 3.05. The van der Waals surface area contributed by atoms with Crippen LogP contribution >= 0.6 is 0 Å². The molecule has 0 amide bonds. The number of aromatic nitrogens is 4. The Morgan fingerprint density at radius 2 is 2.14 bits per heavy atom. The first-order valence-electron chi connectivity index (χ1n) is 6.47. The van der Waals surface area contributed by atoms with Crippen molar-refractivity contribution in [3.8, 4) is 23.1 Å². The highest BCUT2D eigenvalue weighted by Gasteiger charge is 2.10. The predicted molar refractivity (Wildman–Crippen MR) is 78.5 cm³/mol. The van der Waals surface area contributed by atoms with Crippen LogP contribution in [0.4, 0.5) is 5.69 Å². The monoisotopic (exact) mass is 291 g/mol. The van der Waals surface area contributed by atoms with E-state index in [1.807, 2.05) is 6.07 Å². The van der Waals surface area contributed by atoms with Gasteiger partial charge in [-0.1, -0.05) is 17.3 Å². The van der Waals surface area contributed by atoms with Gasteiger partial charge in [0.05, 0.1) is 17.8 Å². The molecule has 0 atom stereocenters. The Labute approximate surface area is 126 Å². The first-order valence-corrected chi connectivity index (χ1v) is 6.47. The van der Waals surface area contributed by atoms with Crippen LogP contribution in [0.5, 0.6) is 0 Å². The summed E-state index contributed by atoms with van der Waals surface area (Å²) in [6.07, 6.45) is 3.19. The van der Waals surface area contributed by atoms with E-state index in [-0.39, 0.29) is 0 Å². The van der Waals surface area contributed by atoms with E-state index >= 15 is 0 Å². The molecular formula is C15H11N6O+.